The molecular formula is C11H8ClF3O3. The number of hydrogen-bond donors (Lipinski definition) is 2. The molecule has 18 heavy (non-hydrogen) atoms. The zero-order valence-electron chi connectivity index (χ0n) is 8.88. The summed E-state index contributed by atoms with van der Waals surface area (Å²) in [6, 6.07) is 1.66. The molecule has 0 spiro atoms. The molecule has 1 aromatic rings. The van der Waals surface area contributed by atoms with Gasteiger partial charge in [0.05, 0.1) is 11.0 Å². The van der Waals surface area contributed by atoms with Crippen LogP contribution in [0.25, 0.3) is 0 Å². The van der Waals surface area contributed by atoms with Gasteiger partial charge in [0.15, 0.2) is 0 Å². The van der Waals surface area contributed by atoms with Gasteiger partial charge in [-0.3, -0.25) is 4.79 Å². The lowest BCUT2D eigenvalue weighted by molar-refractivity contribution is -0.141. The molecule has 0 amide bonds. The van der Waals surface area contributed by atoms with Crippen molar-refractivity contribution in [3.63, 3.8) is 0 Å². The van der Waals surface area contributed by atoms with Crippen molar-refractivity contribution in [2.75, 3.05) is 0 Å². The summed E-state index contributed by atoms with van der Waals surface area (Å²) in [4.78, 5) is 11.1. The summed E-state index contributed by atoms with van der Waals surface area (Å²) in [5.74, 6) is -2.31. The van der Waals surface area contributed by atoms with Crippen molar-refractivity contribution in [2.24, 2.45) is 0 Å². The summed E-state index contributed by atoms with van der Waals surface area (Å²) in [5, 5.41) is 18.4. The van der Waals surface area contributed by atoms with Crippen LogP contribution in [-0.4, -0.2) is 16.2 Å². The SMILES string of the molecule is O=C(O)C1(c2cc(Cl)cc(C(F)(F)F)c2O)CC1. The second-order valence-corrected chi connectivity index (χ2v) is 4.67. The van der Waals surface area contributed by atoms with Crippen LogP contribution >= 0.6 is 11.6 Å². The molecule has 98 valence electrons. The van der Waals surface area contributed by atoms with E-state index in [4.69, 9.17) is 16.7 Å². The molecule has 3 nitrogen and oxygen atoms in total. The molecule has 0 unspecified atom stereocenters. The van der Waals surface area contributed by atoms with Crippen molar-refractivity contribution in [2.45, 2.75) is 24.4 Å². The van der Waals surface area contributed by atoms with Crippen molar-refractivity contribution in [1.82, 2.24) is 0 Å². The van der Waals surface area contributed by atoms with Crippen LogP contribution in [0, 0.1) is 0 Å². The van der Waals surface area contributed by atoms with E-state index < -0.39 is 28.9 Å². The third-order valence-electron chi connectivity index (χ3n) is 3.06. The Bertz CT molecular complexity index is 521. The van der Waals surface area contributed by atoms with Gasteiger partial charge in [-0.05, 0) is 25.0 Å². The minimum atomic E-state index is -4.78. The number of hydrogen-bond acceptors (Lipinski definition) is 2. The monoisotopic (exact) mass is 280 g/mol. The maximum atomic E-state index is 12.7. The number of benzene rings is 1. The lowest BCUT2D eigenvalue weighted by Crippen LogP contribution is -2.21. The highest BCUT2D eigenvalue weighted by atomic mass is 35.5. The Labute approximate surface area is 105 Å². The summed E-state index contributed by atoms with van der Waals surface area (Å²) in [6.07, 6.45) is -4.40. The van der Waals surface area contributed by atoms with Gasteiger partial charge in [0.1, 0.15) is 5.75 Å². The average Bonchev–Trinajstić information content (AvgIpc) is 3.00. The van der Waals surface area contributed by atoms with E-state index in [2.05, 4.69) is 0 Å². The minimum Gasteiger partial charge on any atom is -0.507 e. The first-order valence-electron chi connectivity index (χ1n) is 5.02. The lowest BCUT2D eigenvalue weighted by atomic mass is 9.93. The van der Waals surface area contributed by atoms with Crippen LogP contribution < -0.4 is 0 Å². The van der Waals surface area contributed by atoms with E-state index in [1.807, 2.05) is 0 Å². The number of phenolic OH excluding ortho intramolecular Hbond substituents is 1. The first-order chi connectivity index (χ1) is 8.18. The summed E-state index contributed by atoms with van der Waals surface area (Å²) in [5.41, 5.74) is -3.01. The van der Waals surface area contributed by atoms with Gasteiger partial charge >= 0.3 is 12.1 Å². The fraction of sp³-hybridized carbons (Fsp3) is 0.364. The number of rotatable bonds is 2. The van der Waals surface area contributed by atoms with E-state index in [0.717, 1.165) is 6.07 Å². The normalized spacial score (nSPS) is 17.6. The summed E-state index contributed by atoms with van der Waals surface area (Å²) < 4.78 is 38.0. The van der Waals surface area contributed by atoms with Gasteiger partial charge in [-0.1, -0.05) is 11.6 Å². The van der Waals surface area contributed by atoms with Crippen LogP contribution in [0.2, 0.25) is 5.02 Å². The van der Waals surface area contributed by atoms with Crippen LogP contribution in [0.3, 0.4) is 0 Å². The van der Waals surface area contributed by atoms with Crippen LogP contribution in [0.15, 0.2) is 12.1 Å². The number of carbonyl (C=O) groups is 1. The number of alkyl halides is 3. The molecule has 1 saturated carbocycles. The molecule has 0 atom stereocenters. The Morgan fingerprint density at radius 1 is 1.33 bits per heavy atom. The number of aromatic hydroxyl groups is 1. The van der Waals surface area contributed by atoms with E-state index in [0.29, 0.717) is 6.07 Å². The molecule has 1 aliphatic rings. The lowest BCUT2D eigenvalue weighted by Gasteiger charge is -2.17. The van der Waals surface area contributed by atoms with E-state index in [9.17, 15) is 23.1 Å². The fourth-order valence-corrected chi connectivity index (χ4v) is 2.12. The molecule has 0 radical (unpaired) electrons. The predicted octanol–water partition coefficient (Wildman–Crippen LogP) is 3.18. The molecular weight excluding hydrogens is 273 g/mol. The van der Waals surface area contributed by atoms with Crippen molar-refractivity contribution >= 4 is 17.6 Å². The number of aliphatic carboxylic acids is 1. The number of phenols is 1. The quantitative estimate of drug-likeness (QED) is 0.875. The fourth-order valence-electron chi connectivity index (χ4n) is 1.90. The van der Waals surface area contributed by atoms with Gasteiger partial charge in [-0.15, -0.1) is 0 Å². The number of halogens is 4. The highest BCUT2D eigenvalue weighted by molar-refractivity contribution is 6.30. The zero-order valence-corrected chi connectivity index (χ0v) is 9.64. The zero-order chi connectivity index (χ0) is 13.7. The maximum Gasteiger partial charge on any atom is 0.420 e. The molecule has 1 fully saturated rings. The van der Waals surface area contributed by atoms with Gasteiger partial charge in [0.25, 0.3) is 0 Å². The van der Waals surface area contributed by atoms with Crippen LogP contribution in [0.5, 0.6) is 5.75 Å². The number of carboxylic acid groups (broad SMARTS) is 1. The van der Waals surface area contributed by atoms with Gasteiger partial charge in [-0.25, -0.2) is 0 Å². The molecule has 2 rings (SSSR count). The van der Waals surface area contributed by atoms with Crippen molar-refractivity contribution in [3.05, 3.63) is 28.3 Å². The van der Waals surface area contributed by atoms with E-state index in [-0.39, 0.29) is 23.4 Å². The molecule has 7 heteroatoms. The first-order valence-corrected chi connectivity index (χ1v) is 5.40. The van der Waals surface area contributed by atoms with E-state index in [1.54, 1.807) is 0 Å². The molecule has 0 bridgehead atoms. The highest BCUT2D eigenvalue weighted by Gasteiger charge is 2.54. The minimum absolute atomic E-state index is 0.188. The molecule has 0 heterocycles. The van der Waals surface area contributed by atoms with E-state index >= 15 is 0 Å². The Hall–Kier alpha value is -1.43. The van der Waals surface area contributed by atoms with Crippen LogP contribution in [-0.2, 0) is 16.4 Å². The van der Waals surface area contributed by atoms with Crippen LogP contribution in [0.4, 0.5) is 13.2 Å². The van der Waals surface area contributed by atoms with Crippen molar-refractivity contribution < 1.29 is 28.2 Å². The second-order valence-electron chi connectivity index (χ2n) is 4.23. The van der Waals surface area contributed by atoms with Crippen molar-refractivity contribution in [1.29, 1.82) is 0 Å². The molecule has 0 aliphatic heterocycles. The van der Waals surface area contributed by atoms with Crippen LogP contribution in [0.1, 0.15) is 24.0 Å². The van der Waals surface area contributed by atoms with Gasteiger partial charge in [0.2, 0.25) is 0 Å². The van der Waals surface area contributed by atoms with Gasteiger partial charge in [0, 0.05) is 10.6 Å². The topological polar surface area (TPSA) is 57.5 Å². The smallest absolute Gasteiger partial charge is 0.420 e. The Morgan fingerprint density at radius 3 is 2.28 bits per heavy atom. The maximum absolute atomic E-state index is 12.7. The average molecular weight is 281 g/mol. The highest BCUT2D eigenvalue weighted by Crippen LogP contribution is 2.54. The van der Waals surface area contributed by atoms with Gasteiger partial charge in [-0.2, -0.15) is 13.2 Å². The molecule has 1 aromatic carbocycles. The summed E-state index contributed by atoms with van der Waals surface area (Å²) in [7, 11) is 0. The molecule has 0 saturated heterocycles. The number of carboxylic acids is 1. The third-order valence-corrected chi connectivity index (χ3v) is 3.27. The Morgan fingerprint density at radius 2 is 1.89 bits per heavy atom. The predicted molar refractivity (Wildman–Crippen MR) is 56.7 cm³/mol. The summed E-state index contributed by atoms with van der Waals surface area (Å²) >= 11 is 5.56. The standard InChI is InChI=1S/C11H8ClF3O3/c12-5-3-6(10(1-2-10)9(17)18)8(16)7(4-5)11(13,14)15/h3-4,16H,1-2H2,(H,17,18). The Balaban J connectivity index is 2.64. The molecule has 1 aliphatic carbocycles. The summed E-state index contributed by atoms with van der Waals surface area (Å²) in [6.45, 7) is 0. The largest absolute Gasteiger partial charge is 0.507 e. The second kappa shape index (κ2) is 3.78. The van der Waals surface area contributed by atoms with E-state index in [1.165, 1.54) is 0 Å². The van der Waals surface area contributed by atoms with Gasteiger partial charge < -0.3 is 10.2 Å². The molecule has 0 aromatic heterocycles. The third kappa shape index (κ3) is 1.90. The molecule has 2 N–H and O–H groups in total. The first kappa shape index (κ1) is 13.0. The van der Waals surface area contributed by atoms with Crippen molar-refractivity contribution in [3.8, 4) is 5.75 Å². The Kier molecular flexibility index (Phi) is 2.73.